The van der Waals surface area contributed by atoms with Crippen LogP contribution < -0.4 is 19.5 Å². The summed E-state index contributed by atoms with van der Waals surface area (Å²) in [4.78, 5) is 62.3. The van der Waals surface area contributed by atoms with Crippen LogP contribution in [0, 0.1) is 22.3 Å². The normalized spacial score (nSPS) is 26.1. The smallest absolute Gasteiger partial charge is 0.472 e. The summed E-state index contributed by atoms with van der Waals surface area (Å²) in [7, 11) is -4.07. The van der Waals surface area contributed by atoms with E-state index in [0.717, 1.165) is 24.3 Å². The lowest BCUT2D eigenvalue weighted by atomic mass is 9.91. The van der Waals surface area contributed by atoms with Crippen LogP contribution in [0.2, 0.25) is 0 Å². The van der Waals surface area contributed by atoms with Gasteiger partial charge in [-0.25, -0.2) is 17.8 Å². The average Bonchev–Trinajstić information content (AvgIpc) is 3.99. The van der Waals surface area contributed by atoms with Crippen LogP contribution in [-0.2, 0) is 24.4 Å². The minimum absolute atomic E-state index is 0.0175. The number of hydrogen-bond acceptors (Lipinski definition) is 10. The van der Waals surface area contributed by atoms with Gasteiger partial charge in [-0.1, -0.05) is 25.0 Å². The summed E-state index contributed by atoms with van der Waals surface area (Å²) in [6.07, 6.45) is 0.479. The van der Waals surface area contributed by atoms with E-state index >= 15 is 0 Å². The number of alkyl halides is 3. The van der Waals surface area contributed by atoms with Crippen LogP contribution in [0.15, 0.2) is 60.7 Å². The average molecular weight is 889 g/mol. The van der Waals surface area contributed by atoms with Gasteiger partial charge in [-0.2, -0.15) is 4.39 Å². The number of nitrogens with one attached hydrogen (secondary N) is 2. The lowest BCUT2D eigenvalue weighted by molar-refractivity contribution is -0.274. The van der Waals surface area contributed by atoms with Crippen LogP contribution in [0.25, 0.3) is 21.7 Å². The summed E-state index contributed by atoms with van der Waals surface area (Å²) in [6, 6.07) is 7.14. The first-order valence-corrected chi connectivity index (χ1v) is 22.2. The van der Waals surface area contributed by atoms with E-state index in [9.17, 15) is 49.5 Å². The predicted molar refractivity (Wildman–Crippen MR) is 213 cm³/mol. The van der Waals surface area contributed by atoms with Gasteiger partial charge in [0.05, 0.1) is 33.1 Å². The molecule has 4 heterocycles. The molecule has 61 heavy (non-hydrogen) atoms. The van der Waals surface area contributed by atoms with E-state index in [2.05, 4.69) is 19.8 Å². The topological polar surface area (TPSA) is 161 Å². The van der Waals surface area contributed by atoms with Gasteiger partial charge in [0.25, 0.3) is 5.91 Å². The zero-order valence-corrected chi connectivity index (χ0v) is 34.4. The van der Waals surface area contributed by atoms with Crippen molar-refractivity contribution in [2.75, 3.05) is 6.54 Å². The minimum Gasteiger partial charge on any atom is -0.472 e. The van der Waals surface area contributed by atoms with Crippen LogP contribution in [0.5, 0.6) is 11.6 Å². The first-order valence-electron chi connectivity index (χ1n) is 19.9. The maximum absolute atomic E-state index is 14.7. The largest absolute Gasteiger partial charge is 0.573 e. The summed E-state index contributed by atoms with van der Waals surface area (Å²) in [5, 5.41) is 2.90. The second-order valence-electron chi connectivity index (χ2n) is 16.5. The fourth-order valence-corrected chi connectivity index (χ4v) is 10.3. The number of pyridine rings is 1. The summed E-state index contributed by atoms with van der Waals surface area (Å²) in [5.41, 5.74) is -1.33. The molecule has 0 unspecified atom stereocenters. The van der Waals surface area contributed by atoms with E-state index in [1.54, 1.807) is 0 Å². The summed E-state index contributed by atoms with van der Waals surface area (Å²) in [5.74, 6) is -4.72. The number of thiophene rings is 1. The van der Waals surface area contributed by atoms with Gasteiger partial charge < -0.3 is 19.7 Å². The number of aromatic nitrogens is 1. The summed E-state index contributed by atoms with van der Waals surface area (Å²) >= 11 is 0.592. The number of fused-ring (bicyclic) bond motifs is 5. The molecule has 1 saturated heterocycles. The molecule has 2 aromatic carbocycles. The Bertz CT molecular complexity index is 2580. The number of Topliss-reactive ketones (excluding diaryl/α,β-unsaturated/α-hetero) is 1. The highest BCUT2D eigenvalue weighted by molar-refractivity contribution is 7.91. The number of hydrogen-bond donors (Lipinski definition) is 2. The molecule has 0 bridgehead atoms. The highest BCUT2D eigenvalue weighted by Crippen LogP contribution is 2.57. The Morgan fingerprint density at radius 3 is 2.48 bits per heavy atom. The van der Waals surface area contributed by atoms with E-state index in [-0.39, 0.29) is 47.5 Å². The third-order valence-corrected chi connectivity index (χ3v) is 15.2. The fourth-order valence-electron chi connectivity index (χ4n) is 8.33. The number of ketones is 1. The maximum Gasteiger partial charge on any atom is 0.573 e. The van der Waals surface area contributed by atoms with Crippen molar-refractivity contribution in [3.8, 4) is 11.6 Å². The molecule has 324 valence electrons. The molecular weight excluding hydrogens is 848 g/mol. The molecule has 2 aliphatic carbocycles. The standard InChI is InChI=1S/C42H41F5N4O8S2/c1-40(15-16-40)61(56,57)50-39(55)41-20-23(41)7-5-3-2-4-6-8-30(48-36(53)34-13-14-35(44)60-34)38(54)51-22-26(19-32(51)33(52)21-41)58-37-29-18-25(59-42(45,46)47)10-12-27(29)28-11-9-24(43)17-31(28)49-37/h5,7,9-14,17-18,23,26,30,32H,2-4,6,8,15-16,19-22H2,1H3,(H,48,53)(H,50,55)/b7-5-/t23-,26-,30+,32+,41-/m1/s1. The van der Waals surface area contributed by atoms with Crippen molar-refractivity contribution in [3.05, 3.63) is 76.5 Å². The quantitative estimate of drug-likeness (QED) is 0.106. The molecule has 2 N–H and O–H groups in total. The Kier molecular flexibility index (Phi) is 11.1. The van der Waals surface area contributed by atoms with Gasteiger partial charge in [-0.15, -0.1) is 24.5 Å². The number of allylic oxidation sites excluding steroid dienone is 2. The predicted octanol–water partition coefficient (Wildman–Crippen LogP) is 7.26. The number of amides is 3. The zero-order valence-electron chi connectivity index (χ0n) is 32.7. The number of carbonyl (C=O) groups excluding carboxylic acids is 4. The first-order chi connectivity index (χ1) is 28.8. The van der Waals surface area contributed by atoms with Crippen molar-refractivity contribution in [3.63, 3.8) is 0 Å². The summed E-state index contributed by atoms with van der Waals surface area (Å²) < 4.78 is 106. The fraction of sp³-hybridized carbons (Fsp3) is 0.452. The van der Waals surface area contributed by atoms with Crippen LogP contribution in [0.4, 0.5) is 22.0 Å². The number of nitrogens with zero attached hydrogens (tertiary/aromatic N) is 2. The van der Waals surface area contributed by atoms with Gasteiger partial charge in [0, 0.05) is 29.7 Å². The first kappa shape index (κ1) is 42.5. The molecule has 4 aromatic rings. The van der Waals surface area contributed by atoms with Crippen molar-refractivity contribution >= 4 is 66.5 Å². The van der Waals surface area contributed by atoms with E-state index in [0.29, 0.717) is 60.6 Å². The van der Waals surface area contributed by atoms with E-state index in [1.807, 2.05) is 12.2 Å². The lowest BCUT2D eigenvalue weighted by Gasteiger charge is -2.29. The molecule has 4 aliphatic rings. The van der Waals surface area contributed by atoms with Gasteiger partial charge >= 0.3 is 6.36 Å². The van der Waals surface area contributed by atoms with E-state index in [1.165, 1.54) is 36.1 Å². The number of halogens is 5. The third kappa shape index (κ3) is 8.81. The Labute approximate surface area is 350 Å². The molecule has 2 aliphatic heterocycles. The second-order valence-corrected chi connectivity index (χ2v) is 19.7. The monoisotopic (exact) mass is 888 g/mol. The Balaban J connectivity index is 1.15. The molecule has 0 radical (unpaired) electrons. The molecule has 2 saturated carbocycles. The van der Waals surface area contributed by atoms with E-state index in [4.69, 9.17) is 4.74 Å². The molecule has 3 amide bonds. The highest BCUT2D eigenvalue weighted by atomic mass is 32.2. The van der Waals surface area contributed by atoms with Crippen LogP contribution in [0.3, 0.4) is 0 Å². The van der Waals surface area contributed by atoms with Gasteiger partial charge in [-0.3, -0.25) is 23.9 Å². The van der Waals surface area contributed by atoms with Gasteiger partial charge in [-0.05, 0) is 99.2 Å². The van der Waals surface area contributed by atoms with E-state index < -0.39 is 97.3 Å². The maximum atomic E-state index is 14.7. The zero-order chi connectivity index (χ0) is 43.5. The Morgan fingerprint density at radius 1 is 0.984 bits per heavy atom. The number of sulfonamides is 1. The molecule has 2 aromatic heterocycles. The molecule has 12 nitrogen and oxygen atoms in total. The van der Waals surface area contributed by atoms with Crippen LogP contribution in [0.1, 0.15) is 80.8 Å². The number of carbonyl (C=O) groups is 4. The Hall–Kier alpha value is -5.17. The summed E-state index contributed by atoms with van der Waals surface area (Å²) in [6.45, 7) is 1.25. The van der Waals surface area contributed by atoms with Crippen molar-refractivity contribution in [2.45, 2.75) is 100 Å². The molecular formula is C42H41F5N4O8S2. The number of rotatable bonds is 8. The SMILES string of the molecule is CC1(S(=O)(=O)NC(=O)[C@]23CC(=O)[C@@H]4C[C@@H](Oc5nc6cc(F)ccc6c6ccc(OC(F)(F)F)cc56)CN4C(=O)[C@@H](NC(=O)c4ccc(F)s4)CCCCC/C=C\[C@@H]2C3)CC1. The second kappa shape index (κ2) is 15.9. The van der Waals surface area contributed by atoms with Crippen molar-refractivity contribution in [1.82, 2.24) is 19.9 Å². The van der Waals surface area contributed by atoms with Gasteiger partial charge in [0.2, 0.25) is 27.7 Å². The van der Waals surface area contributed by atoms with Crippen LogP contribution in [-0.4, -0.2) is 77.6 Å². The van der Waals surface area contributed by atoms with Crippen molar-refractivity contribution < 1.29 is 59.0 Å². The highest BCUT2D eigenvalue weighted by Gasteiger charge is 2.62. The van der Waals surface area contributed by atoms with Crippen molar-refractivity contribution in [1.29, 1.82) is 0 Å². The Morgan fingerprint density at radius 2 is 1.75 bits per heavy atom. The molecule has 0 spiro atoms. The lowest BCUT2D eigenvalue weighted by Crippen LogP contribution is -2.52. The number of benzene rings is 2. The molecule has 3 fully saturated rings. The van der Waals surface area contributed by atoms with Gasteiger partial charge in [0.15, 0.2) is 10.9 Å². The molecule has 8 rings (SSSR count). The molecule has 19 heteroatoms. The minimum atomic E-state index is -5.03. The third-order valence-electron chi connectivity index (χ3n) is 12.2. The van der Waals surface area contributed by atoms with Gasteiger partial charge in [0.1, 0.15) is 23.7 Å². The van der Waals surface area contributed by atoms with Crippen LogP contribution >= 0.6 is 11.3 Å². The number of ether oxygens (including phenoxy) is 2. The molecule has 5 atom stereocenters. The van der Waals surface area contributed by atoms with Crippen molar-refractivity contribution in [2.24, 2.45) is 11.3 Å².